The highest BCUT2D eigenvalue weighted by molar-refractivity contribution is 5.99. The van der Waals surface area contributed by atoms with Crippen LogP contribution in [0, 0.1) is 19.8 Å². The number of hydrogen-bond acceptors (Lipinski definition) is 4. The predicted molar refractivity (Wildman–Crippen MR) is 117 cm³/mol. The number of piperidine rings is 1. The zero-order valence-corrected chi connectivity index (χ0v) is 18.1. The lowest BCUT2D eigenvalue weighted by Gasteiger charge is -2.30. The smallest absolute Gasteiger partial charge is 0.178 e. The second kappa shape index (κ2) is 9.27. The van der Waals surface area contributed by atoms with Gasteiger partial charge in [0.15, 0.2) is 11.6 Å². The zero-order valence-electron chi connectivity index (χ0n) is 18.1. The molecule has 5 nitrogen and oxygen atoms in total. The summed E-state index contributed by atoms with van der Waals surface area (Å²) in [6.45, 7) is 7.81. The van der Waals surface area contributed by atoms with Crippen LogP contribution in [0.3, 0.4) is 0 Å². The second-order valence-electron chi connectivity index (χ2n) is 8.73. The highest BCUT2D eigenvalue weighted by Crippen LogP contribution is 2.24. The summed E-state index contributed by atoms with van der Waals surface area (Å²) in [5, 5.41) is 0. The third-order valence-electron chi connectivity index (χ3n) is 6.67. The maximum atomic E-state index is 13.0. The molecule has 2 aliphatic rings. The topological polar surface area (TPSA) is 51.5 Å². The van der Waals surface area contributed by atoms with E-state index in [9.17, 15) is 9.59 Å². The fourth-order valence-electron chi connectivity index (χ4n) is 4.84. The van der Waals surface area contributed by atoms with E-state index in [0.717, 1.165) is 74.4 Å². The molecule has 4 rings (SSSR count). The van der Waals surface area contributed by atoms with Crippen LogP contribution in [-0.4, -0.2) is 53.4 Å². The fraction of sp³-hybridized carbons (Fsp3) is 0.520. The molecule has 0 aliphatic carbocycles. The normalized spacial score (nSPS) is 20.5. The van der Waals surface area contributed by atoms with Crippen molar-refractivity contribution in [2.75, 3.05) is 26.2 Å². The third kappa shape index (κ3) is 4.57. The van der Waals surface area contributed by atoms with Crippen LogP contribution < -0.4 is 0 Å². The van der Waals surface area contributed by atoms with Crippen molar-refractivity contribution in [3.05, 3.63) is 58.9 Å². The molecule has 0 bridgehead atoms. The summed E-state index contributed by atoms with van der Waals surface area (Å²) in [7, 11) is 0. The first-order valence-corrected chi connectivity index (χ1v) is 11.2. The lowest BCUT2D eigenvalue weighted by Crippen LogP contribution is -2.39. The first kappa shape index (κ1) is 21.0. The molecule has 160 valence electrons. The van der Waals surface area contributed by atoms with Crippen LogP contribution in [0.4, 0.5) is 0 Å². The predicted octanol–water partition coefficient (Wildman–Crippen LogP) is 4.06. The summed E-state index contributed by atoms with van der Waals surface area (Å²) in [6.07, 6.45) is 4.12. The standard InChI is InChI=1S/C25H32N2O3/c1-18-15-23(19(2)27(18)16-22-9-6-14-30-22)24(28)17-26-12-10-21(11-13-26)25(29)20-7-4-3-5-8-20/h3-5,7-8,15,21-22H,6,9-14,16-17H2,1-2H3/t22-/m0/s1. The SMILES string of the molecule is Cc1cc(C(=O)CN2CCC(C(=O)c3ccccc3)CC2)c(C)n1C[C@@H]1CCCO1. The van der Waals surface area contributed by atoms with E-state index in [4.69, 9.17) is 4.74 Å². The van der Waals surface area contributed by atoms with Gasteiger partial charge in [0.2, 0.25) is 0 Å². The molecule has 1 aromatic heterocycles. The molecule has 30 heavy (non-hydrogen) atoms. The van der Waals surface area contributed by atoms with E-state index in [1.54, 1.807) is 0 Å². The van der Waals surface area contributed by atoms with Gasteiger partial charge in [0, 0.05) is 41.6 Å². The highest BCUT2D eigenvalue weighted by atomic mass is 16.5. The molecule has 0 spiro atoms. The first-order chi connectivity index (χ1) is 14.5. The summed E-state index contributed by atoms with van der Waals surface area (Å²) in [6, 6.07) is 11.6. The molecule has 2 fully saturated rings. The van der Waals surface area contributed by atoms with Crippen LogP contribution in [0.1, 0.15) is 57.8 Å². The Balaban J connectivity index is 1.33. The molecular formula is C25H32N2O3. The van der Waals surface area contributed by atoms with Crippen molar-refractivity contribution in [2.45, 2.75) is 52.2 Å². The Kier molecular flexibility index (Phi) is 6.49. The lowest BCUT2D eigenvalue weighted by atomic mass is 9.89. The largest absolute Gasteiger partial charge is 0.376 e. The van der Waals surface area contributed by atoms with Crippen molar-refractivity contribution in [3.8, 4) is 0 Å². The molecule has 0 unspecified atom stereocenters. The summed E-state index contributed by atoms with van der Waals surface area (Å²) in [5.74, 6) is 0.476. The van der Waals surface area contributed by atoms with Crippen LogP contribution in [0.5, 0.6) is 0 Å². The van der Waals surface area contributed by atoms with Crippen molar-refractivity contribution >= 4 is 11.6 Å². The minimum absolute atomic E-state index is 0.0650. The summed E-state index contributed by atoms with van der Waals surface area (Å²) in [5.41, 5.74) is 3.79. The molecule has 2 saturated heterocycles. The monoisotopic (exact) mass is 408 g/mol. The molecule has 0 saturated carbocycles. The van der Waals surface area contributed by atoms with E-state index in [1.807, 2.05) is 43.3 Å². The quantitative estimate of drug-likeness (QED) is 0.649. The molecule has 0 N–H and O–H groups in total. The number of ketones is 2. The van der Waals surface area contributed by atoms with Gasteiger partial charge in [-0.15, -0.1) is 0 Å². The van der Waals surface area contributed by atoms with Gasteiger partial charge in [0.1, 0.15) is 0 Å². The molecule has 1 aromatic carbocycles. The van der Waals surface area contributed by atoms with Gasteiger partial charge in [-0.05, 0) is 58.7 Å². The Hall–Kier alpha value is -2.24. The van der Waals surface area contributed by atoms with Gasteiger partial charge < -0.3 is 9.30 Å². The second-order valence-corrected chi connectivity index (χ2v) is 8.73. The van der Waals surface area contributed by atoms with Gasteiger partial charge in [-0.25, -0.2) is 0 Å². The fourth-order valence-corrected chi connectivity index (χ4v) is 4.84. The van der Waals surface area contributed by atoms with Gasteiger partial charge in [-0.3, -0.25) is 14.5 Å². The minimum atomic E-state index is 0.0650. The maximum Gasteiger partial charge on any atom is 0.178 e. The molecule has 5 heteroatoms. The van der Waals surface area contributed by atoms with Gasteiger partial charge in [-0.1, -0.05) is 30.3 Å². The van der Waals surface area contributed by atoms with Gasteiger partial charge in [0.05, 0.1) is 12.6 Å². The number of carbonyl (C=O) groups is 2. The van der Waals surface area contributed by atoms with E-state index in [0.29, 0.717) is 6.54 Å². The molecule has 3 heterocycles. The number of benzene rings is 1. The van der Waals surface area contributed by atoms with E-state index in [2.05, 4.69) is 16.4 Å². The van der Waals surface area contributed by atoms with Crippen molar-refractivity contribution in [3.63, 3.8) is 0 Å². The van der Waals surface area contributed by atoms with Crippen molar-refractivity contribution in [1.82, 2.24) is 9.47 Å². The molecular weight excluding hydrogens is 376 g/mol. The Morgan fingerprint density at radius 3 is 2.47 bits per heavy atom. The van der Waals surface area contributed by atoms with Gasteiger partial charge in [0.25, 0.3) is 0 Å². The Labute approximate surface area is 179 Å². The number of rotatable bonds is 7. The number of aromatic nitrogens is 1. The molecule has 2 aliphatic heterocycles. The number of hydrogen-bond donors (Lipinski definition) is 0. The molecule has 0 amide bonds. The zero-order chi connectivity index (χ0) is 21.1. The summed E-state index contributed by atoms with van der Waals surface area (Å²) in [4.78, 5) is 27.9. The summed E-state index contributed by atoms with van der Waals surface area (Å²) < 4.78 is 8.01. The van der Waals surface area contributed by atoms with E-state index >= 15 is 0 Å². The van der Waals surface area contributed by atoms with Crippen LogP contribution >= 0.6 is 0 Å². The third-order valence-corrected chi connectivity index (χ3v) is 6.67. The molecule has 1 atom stereocenters. The van der Waals surface area contributed by atoms with Crippen LogP contribution in [0.25, 0.3) is 0 Å². The summed E-state index contributed by atoms with van der Waals surface area (Å²) >= 11 is 0. The number of ether oxygens (including phenoxy) is 1. The Morgan fingerprint density at radius 2 is 1.80 bits per heavy atom. The first-order valence-electron chi connectivity index (χ1n) is 11.2. The average Bonchev–Trinajstić information content (AvgIpc) is 3.38. The van der Waals surface area contributed by atoms with Gasteiger partial charge in [-0.2, -0.15) is 0 Å². The van der Waals surface area contributed by atoms with E-state index in [-0.39, 0.29) is 23.6 Å². The van der Waals surface area contributed by atoms with Crippen LogP contribution in [-0.2, 0) is 11.3 Å². The molecule has 2 aromatic rings. The number of aryl methyl sites for hydroxylation is 1. The number of Topliss-reactive ketones (excluding diaryl/α,β-unsaturated/α-hetero) is 2. The highest BCUT2D eigenvalue weighted by Gasteiger charge is 2.28. The van der Waals surface area contributed by atoms with Crippen molar-refractivity contribution < 1.29 is 14.3 Å². The number of likely N-dealkylation sites (tertiary alicyclic amines) is 1. The number of nitrogens with zero attached hydrogens (tertiary/aromatic N) is 2. The van der Waals surface area contributed by atoms with Crippen LogP contribution in [0.2, 0.25) is 0 Å². The minimum Gasteiger partial charge on any atom is -0.376 e. The lowest BCUT2D eigenvalue weighted by molar-refractivity contribution is 0.0804. The number of carbonyl (C=O) groups excluding carboxylic acids is 2. The average molecular weight is 409 g/mol. The Bertz CT molecular complexity index is 889. The van der Waals surface area contributed by atoms with Gasteiger partial charge >= 0.3 is 0 Å². The van der Waals surface area contributed by atoms with E-state index in [1.165, 1.54) is 0 Å². The van der Waals surface area contributed by atoms with Crippen molar-refractivity contribution in [2.24, 2.45) is 5.92 Å². The molecule has 0 radical (unpaired) electrons. The maximum absolute atomic E-state index is 13.0. The van der Waals surface area contributed by atoms with Crippen LogP contribution in [0.15, 0.2) is 36.4 Å². The van der Waals surface area contributed by atoms with Crippen molar-refractivity contribution in [1.29, 1.82) is 0 Å². The van der Waals surface area contributed by atoms with E-state index < -0.39 is 0 Å². The Morgan fingerprint density at radius 1 is 1.07 bits per heavy atom.